The van der Waals surface area contributed by atoms with Gasteiger partial charge in [0, 0.05) is 11.1 Å². The van der Waals surface area contributed by atoms with Crippen LogP contribution in [-0.2, 0) is 0 Å². The predicted molar refractivity (Wildman–Crippen MR) is 73.3 cm³/mol. The Balaban J connectivity index is 2.37. The molecule has 0 aliphatic heterocycles. The number of benzene rings is 1. The summed E-state index contributed by atoms with van der Waals surface area (Å²) in [5.74, 6) is -0.708. The molecule has 1 aromatic heterocycles. The molecule has 3 rings (SSSR count). The average Bonchev–Trinajstić information content (AvgIpc) is 2.84. The van der Waals surface area contributed by atoms with Crippen LogP contribution in [-0.4, -0.2) is 28.5 Å². The van der Waals surface area contributed by atoms with E-state index in [4.69, 9.17) is 4.74 Å². The molecule has 1 aliphatic rings. The van der Waals surface area contributed by atoms with E-state index in [0.29, 0.717) is 22.7 Å². The van der Waals surface area contributed by atoms with Gasteiger partial charge in [-0.25, -0.2) is 4.68 Å². The number of carbonyl (C=O) groups excluding carboxylic acids is 2. The molecule has 1 aromatic carbocycles. The molecule has 5 heteroatoms. The lowest BCUT2D eigenvalue weighted by Gasteiger charge is -2.13. The van der Waals surface area contributed by atoms with Crippen molar-refractivity contribution >= 4 is 11.6 Å². The van der Waals surface area contributed by atoms with Crippen LogP contribution in [0.15, 0.2) is 24.3 Å². The van der Waals surface area contributed by atoms with E-state index in [1.165, 1.54) is 7.11 Å². The average molecular weight is 270 g/mol. The van der Waals surface area contributed by atoms with Crippen molar-refractivity contribution in [1.82, 2.24) is 9.78 Å². The van der Waals surface area contributed by atoms with E-state index < -0.39 is 11.6 Å². The highest BCUT2D eigenvalue weighted by molar-refractivity contribution is 6.53. The molecule has 0 bridgehead atoms. The Morgan fingerprint density at radius 2 is 1.75 bits per heavy atom. The van der Waals surface area contributed by atoms with Crippen molar-refractivity contribution in [2.24, 2.45) is 0 Å². The highest BCUT2D eigenvalue weighted by Crippen LogP contribution is 2.38. The molecule has 2 aromatic rings. The van der Waals surface area contributed by atoms with Crippen LogP contribution in [0.2, 0.25) is 0 Å². The molecular formula is C15H14N2O3. The minimum atomic E-state index is -0.553. The Morgan fingerprint density at radius 3 is 2.35 bits per heavy atom. The second-order valence-corrected chi connectivity index (χ2v) is 4.98. The number of hydrogen-bond acceptors (Lipinski definition) is 4. The number of Topliss-reactive ketones (excluding diaryl/α,β-unsaturated/α-hetero) is 2. The van der Waals surface area contributed by atoms with Crippen LogP contribution >= 0.6 is 0 Å². The van der Waals surface area contributed by atoms with Crippen molar-refractivity contribution in [3.8, 4) is 17.1 Å². The maximum absolute atomic E-state index is 12.3. The first kappa shape index (κ1) is 12.6. The largest absolute Gasteiger partial charge is 0.481 e. The Bertz CT molecular complexity index is 729. The van der Waals surface area contributed by atoms with E-state index >= 15 is 0 Å². The smallest absolute Gasteiger partial charge is 0.241 e. The van der Waals surface area contributed by atoms with Gasteiger partial charge in [0.15, 0.2) is 0 Å². The van der Waals surface area contributed by atoms with E-state index in [9.17, 15) is 9.59 Å². The molecule has 5 nitrogen and oxygen atoms in total. The second-order valence-electron chi connectivity index (χ2n) is 4.98. The van der Waals surface area contributed by atoms with Crippen molar-refractivity contribution in [1.29, 1.82) is 0 Å². The number of hydrogen-bond donors (Lipinski definition) is 0. The van der Waals surface area contributed by atoms with Gasteiger partial charge in [0.1, 0.15) is 11.3 Å². The van der Waals surface area contributed by atoms with Crippen molar-refractivity contribution in [2.75, 3.05) is 7.11 Å². The Hall–Kier alpha value is -2.43. The van der Waals surface area contributed by atoms with E-state index in [0.717, 1.165) is 0 Å². The van der Waals surface area contributed by atoms with Crippen LogP contribution in [0.25, 0.3) is 11.3 Å². The first-order chi connectivity index (χ1) is 9.56. The van der Waals surface area contributed by atoms with Crippen LogP contribution in [0.4, 0.5) is 0 Å². The van der Waals surface area contributed by atoms with Crippen LogP contribution in [0.5, 0.6) is 5.88 Å². The number of ether oxygens (including phenoxy) is 1. The Morgan fingerprint density at radius 1 is 1.10 bits per heavy atom. The molecule has 0 unspecified atom stereocenters. The number of aromatic nitrogens is 2. The van der Waals surface area contributed by atoms with Crippen molar-refractivity contribution < 1.29 is 14.3 Å². The third kappa shape index (κ3) is 1.52. The van der Waals surface area contributed by atoms with Gasteiger partial charge in [0.25, 0.3) is 0 Å². The third-order valence-electron chi connectivity index (χ3n) is 3.41. The van der Waals surface area contributed by atoms with Gasteiger partial charge in [-0.3, -0.25) is 9.59 Å². The number of rotatable bonds is 2. The zero-order chi connectivity index (χ0) is 14.4. The number of nitrogens with zero attached hydrogens (tertiary/aromatic N) is 2. The standard InChI is InChI=1S/C15H14N2O3/c1-8(2)17-15(20-3)11-12(16-17)9-6-4-5-7-10(9)13(18)14(11)19/h4-8H,1-3H3. The highest BCUT2D eigenvalue weighted by Gasteiger charge is 2.37. The summed E-state index contributed by atoms with van der Waals surface area (Å²) in [6, 6.07) is 7.05. The zero-order valence-electron chi connectivity index (χ0n) is 11.5. The number of ketones is 2. The van der Waals surface area contributed by atoms with Gasteiger partial charge < -0.3 is 4.74 Å². The summed E-state index contributed by atoms with van der Waals surface area (Å²) in [7, 11) is 1.48. The predicted octanol–water partition coefficient (Wildman–Crippen LogP) is 2.52. The third-order valence-corrected chi connectivity index (χ3v) is 3.41. The van der Waals surface area contributed by atoms with Crippen molar-refractivity contribution in [2.45, 2.75) is 19.9 Å². The summed E-state index contributed by atoms with van der Waals surface area (Å²) < 4.78 is 6.94. The van der Waals surface area contributed by atoms with Crippen LogP contribution in [0.1, 0.15) is 40.6 Å². The summed E-state index contributed by atoms with van der Waals surface area (Å²) in [5.41, 5.74) is 1.88. The molecule has 1 heterocycles. The Labute approximate surface area is 116 Å². The first-order valence-electron chi connectivity index (χ1n) is 6.41. The summed E-state index contributed by atoms with van der Waals surface area (Å²) in [4.78, 5) is 24.5. The first-order valence-corrected chi connectivity index (χ1v) is 6.41. The Kier molecular flexibility index (Phi) is 2.71. The monoisotopic (exact) mass is 270 g/mol. The molecule has 1 aliphatic carbocycles. The molecule has 20 heavy (non-hydrogen) atoms. The van der Waals surface area contributed by atoms with Crippen molar-refractivity contribution in [3.63, 3.8) is 0 Å². The van der Waals surface area contributed by atoms with E-state index in [2.05, 4.69) is 5.10 Å². The fourth-order valence-electron chi connectivity index (χ4n) is 2.48. The normalized spacial score (nSPS) is 13.4. The number of carbonyl (C=O) groups is 2. The van der Waals surface area contributed by atoms with Gasteiger partial charge >= 0.3 is 0 Å². The lowest BCUT2D eigenvalue weighted by atomic mass is 9.88. The topological polar surface area (TPSA) is 61.2 Å². The quantitative estimate of drug-likeness (QED) is 0.787. The molecule has 0 saturated heterocycles. The summed E-state index contributed by atoms with van der Waals surface area (Å²) >= 11 is 0. The zero-order valence-corrected chi connectivity index (χ0v) is 11.5. The van der Waals surface area contributed by atoms with Crippen molar-refractivity contribution in [3.05, 3.63) is 35.4 Å². The second kappa shape index (κ2) is 4.30. The molecule has 0 fully saturated rings. The lowest BCUT2D eigenvalue weighted by Crippen LogP contribution is -2.21. The van der Waals surface area contributed by atoms with Gasteiger partial charge in [-0.05, 0) is 13.8 Å². The van der Waals surface area contributed by atoms with E-state index in [1.807, 2.05) is 19.9 Å². The van der Waals surface area contributed by atoms with E-state index in [1.54, 1.807) is 22.9 Å². The highest BCUT2D eigenvalue weighted by atomic mass is 16.5. The van der Waals surface area contributed by atoms with Gasteiger partial charge in [0.05, 0.1) is 13.2 Å². The summed E-state index contributed by atoms with van der Waals surface area (Å²) in [5, 5.41) is 4.47. The fourth-order valence-corrected chi connectivity index (χ4v) is 2.48. The SMILES string of the molecule is COc1c2c(nn1C(C)C)-c1ccccc1C(=O)C2=O. The summed E-state index contributed by atoms with van der Waals surface area (Å²) in [6.45, 7) is 3.89. The molecule has 0 radical (unpaired) electrons. The van der Waals surface area contributed by atoms with Gasteiger partial charge in [-0.2, -0.15) is 5.10 Å². The molecular weight excluding hydrogens is 256 g/mol. The van der Waals surface area contributed by atoms with Crippen LogP contribution in [0.3, 0.4) is 0 Å². The maximum atomic E-state index is 12.3. The number of methoxy groups -OCH3 is 1. The maximum Gasteiger partial charge on any atom is 0.241 e. The summed E-state index contributed by atoms with van der Waals surface area (Å²) in [6.07, 6.45) is 0. The molecule has 0 amide bonds. The molecule has 0 N–H and O–H groups in total. The van der Waals surface area contributed by atoms with Crippen LogP contribution < -0.4 is 4.74 Å². The lowest BCUT2D eigenvalue weighted by molar-refractivity contribution is 0.0813. The molecule has 0 spiro atoms. The minimum Gasteiger partial charge on any atom is -0.481 e. The molecule has 0 saturated carbocycles. The van der Waals surface area contributed by atoms with Gasteiger partial charge in [-0.1, -0.05) is 24.3 Å². The fraction of sp³-hybridized carbons (Fsp3) is 0.267. The van der Waals surface area contributed by atoms with Gasteiger partial charge in [0.2, 0.25) is 17.4 Å². The molecule has 0 atom stereocenters. The van der Waals surface area contributed by atoms with E-state index in [-0.39, 0.29) is 11.6 Å². The minimum absolute atomic E-state index is 0.0330. The van der Waals surface area contributed by atoms with Gasteiger partial charge in [-0.15, -0.1) is 0 Å². The number of fused-ring (bicyclic) bond motifs is 3. The van der Waals surface area contributed by atoms with Crippen LogP contribution in [0, 0.1) is 0 Å². The molecule has 102 valence electrons.